The molecule has 14 heavy (non-hydrogen) atoms. The van der Waals surface area contributed by atoms with Gasteiger partial charge in [0.1, 0.15) is 0 Å². The Bertz CT molecular complexity index is 420. The van der Waals surface area contributed by atoms with Gasteiger partial charge in [-0.15, -0.1) is 5.10 Å². The van der Waals surface area contributed by atoms with Crippen molar-refractivity contribution in [1.82, 2.24) is 20.0 Å². The van der Waals surface area contributed by atoms with Crippen LogP contribution in [-0.2, 0) is 6.54 Å². The Morgan fingerprint density at radius 2 is 2.36 bits per heavy atom. The molecule has 5 nitrogen and oxygen atoms in total. The van der Waals surface area contributed by atoms with E-state index >= 15 is 0 Å². The van der Waals surface area contributed by atoms with E-state index in [1.54, 1.807) is 17.1 Å². The Balaban J connectivity index is 2.23. The number of nitrogen functional groups attached to an aromatic ring is 1. The average molecular weight is 189 g/mol. The van der Waals surface area contributed by atoms with Crippen LogP contribution < -0.4 is 5.73 Å². The first kappa shape index (κ1) is 8.68. The number of hydrogen-bond donors (Lipinski definition) is 1. The maximum Gasteiger partial charge on any atom is 0.168 e. The van der Waals surface area contributed by atoms with Crippen LogP contribution in [0, 0.1) is 6.92 Å². The minimum Gasteiger partial charge on any atom is -0.381 e. The first-order chi connectivity index (χ1) is 6.77. The quantitative estimate of drug-likeness (QED) is 0.751. The minimum atomic E-state index is 0.480. The molecule has 2 aromatic rings. The fraction of sp³-hybridized carbons (Fsp3) is 0.222. The van der Waals surface area contributed by atoms with E-state index in [4.69, 9.17) is 5.73 Å². The molecule has 0 saturated heterocycles. The van der Waals surface area contributed by atoms with Crippen molar-refractivity contribution in [2.24, 2.45) is 0 Å². The van der Waals surface area contributed by atoms with Gasteiger partial charge >= 0.3 is 0 Å². The highest BCUT2D eigenvalue weighted by Crippen LogP contribution is 2.07. The predicted octanol–water partition coefficient (Wildman–Crippen LogP) is 0.612. The first-order valence-electron chi connectivity index (χ1n) is 4.32. The molecule has 0 fully saturated rings. The van der Waals surface area contributed by atoms with Gasteiger partial charge in [0.05, 0.1) is 12.2 Å². The van der Waals surface area contributed by atoms with Gasteiger partial charge in [-0.3, -0.25) is 4.98 Å². The van der Waals surface area contributed by atoms with Gasteiger partial charge in [0.2, 0.25) is 0 Å². The molecule has 5 heteroatoms. The molecule has 0 radical (unpaired) electrons. The lowest BCUT2D eigenvalue weighted by atomic mass is 10.3. The molecule has 2 N–H and O–H groups in total. The van der Waals surface area contributed by atoms with E-state index in [9.17, 15) is 0 Å². The fourth-order valence-electron chi connectivity index (χ4n) is 1.19. The summed E-state index contributed by atoms with van der Waals surface area (Å²) in [4.78, 5) is 4.02. The summed E-state index contributed by atoms with van der Waals surface area (Å²) < 4.78 is 1.76. The molecular weight excluding hydrogens is 178 g/mol. The van der Waals surface area contributed by atoms with E-state index in [0.717, 1.165) is 11.3 Å². The Hall–Kier alpha value is -1.91. The van der Waals surface area contributed by atoms with E-state index in [1.165, 1.54) is 0 Å². The van der Waals surface area contributed by atoms with Crippen LogP contribution in [0.15, 0.2) is 24.5 Å². The van der Waals surface area contributed by atoms with Crippen molar-refractivity contribution in [3.05, 3.63) is 35.8 Å². The maximum atomic E-state index is 5.58. The standard InChI is InChI=1S/C9H11N5/c1-7-9(10)12-13-14(7)6-8-3-2-4-11-5-8/h2-5H,6,10H2,1H3. The second-order valence-electron chi connectivity index (χ2n) is 3.08. The molecule has 0 saturated carbocycles. The SMILES string of the molecule is Cc1c(N)nnn1Cc1cccnc1. The number of pyridine rings is 1. The zero-order chi connectivity index (χ0) is 9.97. The van der Waals surface area contributed by atoms with Crippen LogP contribution in [0.1, 0.15) is 11.3 Å². The Kier molecular flexibility index (Phi) is 2.14. The largest absolute Gasteiger partial charge is 0.381 e. The van der Waals surface area contributed by atoms with E-state index in [0.29, 0.717) is 12.4 Å². The highest BCUT2D eigenvalue weighted by Gasteiger charge is 2.04. The molecule has 0 aliphatic carbocycles. The van der Waals surface area contributed by atoms with Crippen LogP contribution in [0.3, 0.4) is 0 Å². The summed E-state index contributed by atoms with van der Waals surface area (Å²) in [7, 11) is 0. The second kappa shape index (κ2) is 3.45. The van der Waals surface area contributed by atoms with Crippen LogP contribution in [0.5, 0.6) is 0 Å². The number of anilines is 1. The highest BCUT2D eigenvalue weighted by molar-refractivity contribution is 5.31. The summed E-state index contributed by atoms with van der Waals surface area (Å²) >= 11 is 0. The molecule has 0 aromatic carbocycles. The summed E-state index contributed by atoms with van der Waals surface area (Å²) in [5.74, 6) is 0.480. The van der Waals surface area contributed by atoms with Crippen molar-refractivity contribution in [1.29, 1.82) is 0 Å². The van der Waals surface area contributed by atoms with Gasteiger partial charge in [0.15, 0.2) is 5.82 Å². The van der Waals surface area contributed by atoms with Crippen molar-refractivity contribution in [3.8, 4) is 0 Å². The fourth-order valence-corrected chi connectivity index (χ4v) is 1.19. The van der Waals surface area contributed by atoms with Gasteiger partial charge in [-0.2, -0.15) is 0 Å². The third-order valence-corrected chi connectivity index (χ3v) is 2.07. The Morgan fingerprint density at radius 1 is 1.50 bits per heavy atom. The summed E-state index contributed by atoms with van der Waals surface area (Å²) in [5.41, 5.74) is 7.55. The van der Waals surface area contributed by atoms with E-state index in [-0.39, 0.29) is 0 Å². The molecule has 0 amide bonds. The zero-order valence-electron chi connectivity index (χ0n) is 7.88. The minimum absolute atomic E-state index is 0.480. The average Bonchev–Trinajstić information content (AvgIpc) is 2.52. The molecule has 0 aliphatic heterocycles. The van der Waals surface area contributed by atoms with Gasteiger partial charge in [0.25, 0.3) is 0 Å². The molecule has 0 bridgehead atoms. The summed E-state index contributed by atoms with van der Waals surface area (Å²) in [5, 5.41) is 7.71. The van der Waals surface area contributed by atoms with Crippen molar-refractivity contribution in [3.63, 3.8) is 0 Å². The molecule has 2 rings (SSSR count). The number of hydrogen-bond acceptors (Lipinski definition) is 4. The van der Waals surface area contributed by atoms with E-state index < -0.39 is 0 Å². The predicted molar refractivity (Wildman–Crippen MR) is 52.5 cm³/mol. The van der Waals surface area contributed by atoms with Gasteiger partial charge < -0.3 is 5.73 Å². The number of nitrogens with zero attached hydrogens (tertiary/aromatic N) is 4. The second-order valence-corrected chi connectivity index (χ2v) is 3.08. The van der Waals surface area contributed by atoms with E-state index in [1.807, 2.05) is 19.1 Å². The van der Waals surface area contributed by atoms with Crippen molar-refractivity contribution >= 4 is 5.82 Å². The lowest BCUT2D eigenvalue weighted by Crippen LogP contribution is -2.04. The topological polar surface area (TPSA) is 69.6 Å². The van der Waals surface area contributed by atoms with Crippen molar-refractivity contribution in [2.75, 3.05) is 5.73 Å². The number of rotatable bonds is 2. The molecule has 2 heterocycles. The summed E-state index contributed by atoms with van der Waals surface area (Å²) in [6, 6.07) is 3.88. The van der Waals surface area contributed by atoms with Crippen LogP contribution >= 0.6 is 0 Å². The van der Waals surface area contributed by atoms with Crippen molar-refractivity contribution in [2.45, 2.75) is 13.5 Å². The van der Waals surface area contributed by atoms with Gasteiger partial charge in [0, 0.05) is 12.4 Å². The zero-order valence-corrected chi connectivity index (χ0v) is 7.88. The van der Waals surface area contributed by atoms with Crippen molar-refractivity contribution < 1.29 is 0 Å². The van der Waals surface area contributed by atoms with Crippen LogP contribution in [0.2, 0.25) is 0 Å². The maximum absolute atomic E-state index is 5.58. The summed E-state index contributed by atoms with van der Waals surface area (Å²) in [6.07, 6.45) is 3.55. The number of nitrogens with two attached hydrogens (primary N) is 1. The summed E-state index contributed by atoms with van der Waals surface area (Å²) in [6.45, 7) is 2.55. The van der Waals surface area contributed by atoms with Crippen LogP contribution in [0.4, 0.5) is 5.82 Å². The molecule has 2 aromatic heterocycles. The Morgan fingerprint density at radius 3 is 2.93 bits per heavy atom. The molecule has 0 aliphatic rings. The molecule has 0 unspecified atom stereocenters. The Labute approximate surface area is 81.6 Å². The van der Waals surface area contributed by atoms with Crippen LogP contribution in [0.25, 0.3) is 0 Å². The lowest BCUT2D eigenvalue weighted by molar-refractivity contribution is 0.632. The first-order valence-corrected chi connectivity index (χ1v) is 4.32. The monoisotopic (exact) mass is 189 g/mol. The molecule has 0 spiro atoms. The van der Waals surface area contributed by atoms with E-state index in [2.05, 4.69) is 15.3 Å². The van der Waals surface area contributed by atoms with Gasteiger partial charge in [-0.05, 0) is 18.6 Å². The van der Waals surface area contributed by atoms with Crippen LogP contribution in [-0.4, -0.2) is 20.0 Å². The van der Waals surface area contributed by atoms with Gasteiger partial charge in [-0.25, -0.2) is 4.68 Å². The number of aromatic nitrogens is 4. The third kappa shape index (κ3) is 1.56. The lowest BCUT2D eigenvalue weighted by Gasteiger charge is -2.01. The highest BCUT2D eigenvalue weighted by atomic mass is 15.4. The molecule has 0 atom stereocenters. The normalized spacial score (nSPS) is 10.4. The molecular formula is C9H11N5. The van der Waals surface area contributed by atoms with Gasteiger partial charge in [-0.1, -0.05) is 11.3 Å². The molecule has 72 valence electrons. The smallest absolute Gasteiger partial charge is 0.168 e. The third-order valence-electron chi connectivity index (χ3n) is 2.07.